The van der Waals surface area contributed by atoms with Crippen molar-refractivity contribution in [1.29, 1.82) is 0 Å². The molecule has 0 fully saturated rings. The summed E-state index contributed by atoms with van der Waals surface area (Å²) in [7, 11) is 0. The van der Waals surface area contributed by atoms with Crippen LogP contribution in [0.5, 0.6) is 0 Å². The standard InChI is InChI=1S/C11H21N5/c1-5-11(4,6-7-12)14-10-13-8(2)9(3)15-16-10/h5-7,12H2,1-4H3,(H,13,14,16). The van der Waals surface area contributed by atoms with E-state index in [0.717, 1.165) is 24.2 Å². The van der Waals surface area contributed by atoms with E-state index in [0.29, 0.717) is 12.5 Å². The van der Waals surface area contributed by atoms with Gasteiger partial charge in [-0.2, -0.15) is 5.10 Å². The highest BCUT2D eigenvalue weighted by atomic mass is 15.3. The van der Waals surface area contributed by atoms with Crippen molar-refractivity contribution in [2.75, 3.05) is 11.9 Å². The minimum absolute atomic E-state index is 0.0574. The van der Waals surface area contributed by atoms with E-state index in [9.17, 15) is 0 Å². The molecule has 5 nitrogen and oxygen atoms in total. The van der Waals surface area contributed by atoms with Gasteiger partial charge in [0.15, 0.2) is 0 Å². The Morgan fingerprint density at radius 1 is 1.25 bits per heavy atom. The fourth-order valence-corrected chi connectivity index (χ4v) is 1.43. The molecule has 3 N–H and O–H groups in total. The van der Waals surface area contributed by atoms with E-state index in [4.69, 9.17) is 5.73 Å². The van der Waals surface area contributed by atoms with Gasteiger partial charge >= 0.3 is 0 Å². The van der Waals surface area contributed by atoms with Crippen molar-refractivity contribution in [2.45, 2.75) is 46.1 Å². The van der Waals surface area contributed by atoms with Gasteiger partial charge in [0.05, 0.1) is 11.4 Å². The van der Waals surface area contributed by atoms with Crippen molar-refractivity contribution in [3.63, 3.8) is 0 Å². The quantitative estimate of drug-likeness (QED) is 0.789. The fourth-order valence-electron chi connectivity index (χ4n) is 1.43. The first-order valence-corrected chi connectivity index (χ1v) is 5.67. The van der Waals surface area contributed by atoms with Crippen LogP contribution < -0.4 is 11.1 Å². The van der Waals surface area contributed by atoms with E-state index in [1.807, 2.05) is 13.8 Å². The predicted molar refractivity (Wildman–Crippen MR) is 65.3 cm³/mol. The Kier molecular flexibility index (Phi) is 4.18. The second-order valence-electron chi connectivity index (χ2n) is 4.38. The molecule has 1 rings (SSSR count). The second kappa shape index (κ2) is 5.21. The fraction of sp³-hybridized carbons (Fsp3) is 0.727. The molecular weight excluding hydrogens is 202 g/mol. The molecule has 0 radical (unpaired) electrons. The van der Waals surface area contributed by atoms with Gasteiger partial charge < -0.3 is 11.1 Å². The monoisotopic (exact) mass is 223 g/mol. The van der Waals surface area contributed by atoms with E-state index >= 15 is 0 Å². The Balaban J connectivity index is 2.81. The molecule has 0 aliphatic heterocycles. The highest BCUT2D eigenvalue weighted by Crippen LogP contribution is 2.18. The third-order valence-corrected chi connectivity index (χ3v) is 2.98. The average molecular weight is 223 g/mol. The first-order valence-electron chi connectivity index (χ1n) is 5.67. The Morgan fingerprint density at radius 3 is 2.44 bits per heavy atom. The molecule has 1 aromatic heterocycles. The SMILES string of the molecule is CCC(C)(CCN)Nc1nnc(C)c(C)n1. The molecule has 1 heterocycles. The third-order valence-electron chi connectivity index (χ3n) is 2.98. The molecule has 0 aliphatic rings. The van der Waals surface area contributed by atoms with Crippen LogP contribution in [0, 0.1) is 13.8 Å². The summed E-state index contributed by atoms with van der Waals surface area (Å²) in [6.45, 7) is 8.73. The average Bonchev–Trinajstić information content (AvgIpc) is 2.24. The zero-order valence-corrected chi connectivity index (χ0v) is 10.5. The lowest BCUT2D eigenvalue weighted by Gasteiger charge is -2.29. The van der Waals surface area contributed by atoms with Gasteiger partial charge in [0.1, 0.15) is 0 Å². The minimum Gasteiger partial charge on any atom is -0.348 e. The number of aryl methyl sites for hydroxylation is 2. The maximum absolute atomic E-state index is 5.60. The molecule has 0 bridgehead atoms. The van der Waals surface area contributed by atoms with Crippen molar-refractivity contribution < 1.29 is 0 Å². The predicted octanol–water partition coefficient (Wildman–Crippen LogP) is 1.42. The molecular formula is C11H21N5. The third kappa shape index (κ3) is 3.13. The lowest BCUT2D eigenvalue weighted by Crippen LogP contribution is -2.37. The lowest BCUT2D eigenvalue weighted by molar-refractivity contribution is 0.458. The normalized spacial score (nSPS) is 14.6. The van der Waals surface area contributed by atoms with Crippen LogP contribution in [0.2, 0.25) is 0 Å². The lowest BCUT2D eigenvalue weighted by atomic mass is 9.95. The molecule has 0 aliphatic carbocycles. The van der Waals surface area contributed by atoms with Crippen LogP contribution in [0.25, 0.3) is 0 Å². The zero-order valence-electron chi connectivity index (χ0n) is 10.5. The maximum Gasteiger partial charge on any atom is 0.243 e. The summed E-state index contributed by atoms with van der Waals surface area (Å²) < 4.78 is 0. The molecule has 0 saturated carbocycles. The molecule has 0 amide bonds. The highest BCUT2D eigenvalue weighted by Gasteiger charge is 2.22. The van der Waals surface area contributed by atoms with E-state index in [1.165, 1.54) is 0 Å². The Bertz CT molecular complexity index is 352. The van der Waals surface area contributed by atoms with E-state index in [-0.39, 0.29) is 5.54 Å². The van der Waals surface area contributed by atoms with Gasteiger partial charge in [-0.1, -0.05) is 6.92 Å². The van der Waals surface area contributed by atoms with Crippen LogP contribution in [0.4, 0.5) is 5.95 Å². The molecule has 1 aromatic rings. The smallest absolute Gasteiger partial charge is 0.243 e. The van der Waals surface area contributed by atoms with Gasteiger partial charge in [-0.3, -0.25) is 0 Å². The van der Waals surface area contributed by atoms with Gasteiger partial charge in [-0.15, -0.1) is 5.10 Å². The topological polar surface area (TPSA) is 76.7 Å². The summed E-state index contributed by atoms with van der Waals surface area (Å²) in [6, 6.07) is 0. The van der Waals surface area contributed by atoms with Crippen LogP contribution in [0.15, 0.2) is 0 Å². The van der Waals surface area contributed by atoms with E-state index in [1.54, 1.807) is 0 Å². The summed E-state index contributed by atoms with van der Waals surface area (Å²) in [6.07, 6.45) is 1.86. The van der Waals surface area contributed by atoms with Crippen LogP contribution in [0.3, 0.4) is 0 Å². The minimum atomic E-state index is -0.0574. The molecule has 5 heteroatoms. The highest BCUT2D eigenvalue weighted by molar-refractivity contribution is 5.29. The van der Waals surface area contributed by atoms with E-state index in [2.05, 4.69) is 34.3 Å². The molecule has 0 aromatic carbocycles. The van der Waals surface area contributed by atoms with Gasteiger partial charge in [-0.25, -0.2) is 4.98 Å². The van der Waals surface area contributed by atoms with Crippen molar-refractivity contribution in [2.24, 2.45) is 5.73 Å². The van der Waals surface area contributed by atoms with Crippen molar-refractivity contribution in [3.05, 3.63) is 11.4 Å². The summed E-state index contributed by atoms with van der Waals surface area (Å²) in [5.74, 6) is 0.584. The number of aromatic nitrogens is 3. The molecule has 1 atom stereocenters. The van der Waals surface area contributed by atoms with Crippen LogP contribution in [-0.2, 0) is 0 Å². The number of hydrogen-bond donors (Lipinski definition) is 2. The van der Waals surface area contributed by atoms with Crippen molar-refractivity contribution in [3.8, 4) is 0 Å². The molecule has 0 saturated heterocycles. The van der Waals surface area contributed by atoms with Gasteiger partial charge in [-0.05, 0) is 40.2 Å². The Morgan fingerprint density at radius 2 is 1.94 bits per heavy atom. The van der Waals surface area contributed by atoms with Crippen LogP contribution in [-0.4, -0.2) is 27.3 Å². The molecule has 90 valence electrons. The first kappa shape index (κ1) is 12.8. The number of hydrogen-bond acceptors (Lipinski definition) is 5. The summed E-state index contributed by atoms with van der Waals surface area (Å²) in [5, 5.41) is 11.4. The molecule has 1 unspecified atom stereocenters. The maximum atomic E-state index is 5.60. The van der Waals surface area contributed by atoms with Crippen molar-refractivity contribution >= 4 is 5.95 Å². The van der Waals surface area contributed by atoms with Gasteiger partial charge in [0, 0.05) is 5.54 Å². The zero-order chi connectivity index (χ0) is 12.2. The molecule has 0 spiro atoms. The van der Waals surface area contributed by atoms with Crippen LogP contribution in [0.1, 0.15) is 38.1 Å². The second-order valence-corrected chi connectivity index (χ2v) is 4.38. The van der Waals surface area contributed by atoms with E-state index < -0.39 is 0 Å². The van der Waals surface area contributed by atoms with Gasteiger partial charge in [0.25, 0.3) is 0 Å². The Hall–Kier alpha value is -1.23. The van der Waals surface area contributed by atoms with Gasteiger partial charge in [0.2, 0.25) is 5.95 Å². The number of nitrogens with zero attached hydrogens (tertiary/aromatic N) is 3. The largest absolute Gasteiger partial charge is 0.348 e. The first-order chi connectivity index (χ1) is 7.50. The number of nitrogens with two attached hydrogens (primary N) is 1. The summed E-state index contributed by atoms with van der Waals surface area (Å²) in [5.41, 5.74) is 7.31. The van der Waals surface area contributed by atoms with Crippen molar-refractivity contribution in [1.82, 2.24) is 15.2 Å². The number of rotatable bonds is 5. The summed E-state index contributed by atoms with van der Waals surface area (Å²) >= 11 is 0. The summed E-state index contributed by atoms with van der Waals surface area (Å²) in [4.78, 5) is 4.36. The number of anilines is 1. The molecule has 16 heavy (non-hydrogen) atoms. The van der Waals surface area contributed by atoms with Crippen LogP contribution >= 0.6 is 0 Å². The Labute approximate surface area is 96.9 Å². The number of nitrogens with one attached hydrogen (secondary N) is 1.